The molecule has 0 unspecified atom stereocenters. The Bertz CT molecular complexity index is 319. The van der Waals surface area contributed by atoms with Crippen molar-refractivity contribution in [2.24, 2.45) is 10.4 Å². The lowest BCUT2D eigenvalue weighted by molar-refractivity contribution is -0.128. The normalized spacial score (nSPS) is 11.6. The van der Waals surface area contributed by atoms with Gasteiger partial charge in [-0.25, -0.2) is 0 Å². The van der Waals surface area contributed by atoms with Crippen molar-refractivity contribution in [2.45, 2.75) is 47.5 Å². The van der Waals surface area contributed by atoms with Crippen molar-refractivity contribution >= 4 is 35.8 Å². The molecule has 0 aliphatic carbocycles. The Hall–Kier alpha value is -0.530. The van der Waals surface area contributed by atoms with Crippen LogP contribution in [0.4, 0.5) is 0 Å². The molecule has 0 rings (SSSR count). The van der Waals surface area contributed by atoms with Crippen LogP contribution in [0.25, 0.3) is 0 Å². The molecule has 0 heterocycles. The predicted octanol–water partition coefficient (Wildman–Crippen LogP) is 2.46. The van der Waals surface area contributed by atoms with Crippen molar-refractivity contribution in [3.8, 4) is 0 Å². The third-order valence-corrected chi connectivity index (χ3v) is 3.12. The minimum Gasteiger partial charge on any atom is -0.357 e. The number of unbranched alkanes of at least 4 members (excludes halogenated alkanes) is 1. The fourth-order valence-electron chi connectivity index (χ4n) is 1.72. The van der Waals surface area contributed by atoms with Crippen molar-refractivity contribution in [1.29, 1.82) is 0 Å². The predicted molar refractivity (Wildman–Crippen MR) is 101 cm³/mol. The molecule has 2 N–H and O–H groups in total. The SMILES string of the molecule is CCCCN(C)C(=NCC(C)(C)C(=O)NCC)NCC.I. The minimum atomic E-state index is -0.484. The third-order valence-electron chi connectivity index (χ3n) is 3.12. The number of amides is 1. The zero-order valence-electron chi connectivity index (χ0n) is 14.5. The zero-order chi connectivity index (χ0) is 15.6. The van der Waals surface area contributed by atoms with E-state index in [4.69, 9.17) is 0 Å². The summed E-state index contributed by atoms with van der Waals surface area (Å²) >= 11 is 0. The molecule has 0 bridgehead atoms. The topological polar surface area (TPSA) is 56.7 Å². The fourth-order valence-corrected chi connectivity index (χ4v) is 1.72. The summed E-state index contributed by atoms with van der Waals surface area (Å²) in [4.78, 5) is 18.7. The summed E-state index contributed by atoms with van der Waals surface area (Å²) in [7, 11) is 2.04. The van der Waals surface area contributed by atoms with Crippen molar-refractivity contribution in [3.63, 3.8) is 0 Å². The van der Waals surface area contributed by atoms with Crippen LogP contribution in [0, 0.1) is 5.41 Å². The Kier molecular flexibility index (Phi) is 13.1. The molecule has 0 aliphatic rings. The van der Waals surface area contributed by atoms with Gasteiger partial charge in [0.1, 0.15) is 0 Å². The zero-order valence-corrected chi connectivity index (χ0v) is 16.8. The summed E-state index contributed by atoms with van der Waals surface area (Å²) in [6.45, 7) is 13.0. The number of carbonyl (C=O) groups excluding carboxylic acids is 1. The molecule has 5 nitrogen and oxygen atoms in total. The summed E-state index contributed by atoms with van der Waals surface area (Å²) in [5.74, 6) is 0.925. The van der Waals surface area contributed by atoms with E-state index in [0.717, 1.165) is 31.9 Å². The van der Waals surface area contributed by atoms with Crippen LogP contribution < -0.4 is 10.6 Å². The van der Waals surface area contributed by atoms with Gasteiger partial charge in [-0.1, -0.05) is 13.3 Å². The number of nitrogens with one attached hydrogen (secondary N) is 2. The number of nitrogens with zero attached hydrogens (tertiary/aromatic N) is 2. The molecule has 0 spiro atoms. The monoisotopic (exact) mass is 412 g/mol. The fraction of sp³-hybridized carbons (Fsp3) is 0.867. The summed E-state index contributed by atoms with van der Waals surface area (Å²) in [5.41, 5.74) is -0.484. The van der Waals surface area contributed by atoms with Crippen LogP contribution in [0.15, 0.2) is 4.99 Å². The van der Waals surface area contributed by atoms with E-state index in [-0.39, 0.29) is 29.9 Å². The van der Waals surface area contributed by atoms with Gasteiger partial charge in [0.15, 0.2) is 5.96 Å². The molecule has 0 fully saturated rings. The van der Waals surface area contributed by atoms with E-state index in [1.165, 1.54) is 0 Å². The number of hydrogen-bond donors (Lipinski definition) is 2. The Morgan fingerprint density at radius 1 is 1.14 bits per heavy atom. The smallest absolute Gasteiger partial charge is 0.227 e. The van der Waals surface area contributed by atoms with Gasteiger partial charge in [-0.3, -0.25) is 9.79 Å². The molecule has 0 radical (unpaired) electrons. The van der Waals surface area contributed by atoms with Crippen LogP contribution in [-0.4, -0.2) is 50.0 Å². The number of rotatable bonds is 8. The average molecular weight is 412 g/mol. The van der Waals surface area contributed by atoms with Gasteiger partial charge in [0.2, 0.25) is 5.91 Å². The molecule has 0 aromatic rings. The molecule has 6 heteroatoms. The van der Waals surface area contributed by atoms with E-state index in [1.54, 1.807) is 0 Å². The standard InChI is InChI=1S/C15H32N4O.HI/c1-7-10-11-19(6)14(17-9-3)18-12-15(4,5)13(20)16-8-2;/h7-12H2,1-6H3,(H,16,20)(H,17,18);1H. The van der Waals surface area contributed by atoms with E-state index in [9.17, 15) is 4.79 Å². The van der Waals surface area contributed by atoms with Gasteiger partial charge in [0, 0.05) is 26.7 Å². The summed E-state index contributed by atoms with van der Waals surface area (Å²) in [5, 5.41) is 6.14. The van der Waals surface area contributed by atoms with Crippen molar-refractivity contribution < 1.29 is 4.79 Å². The lowest BCUT2D eigenvalue weighted by atomic mass is 9.92. The molecule has 1 amide bonds. The van der Waals surface area contributed by atoms with Crippen LogP contribution >= 0.6 is 24.0 Å². The first-order valence-electron chi connectivity index (χ1n) is 7.66. The maximum absolute atomic E-state index is 12.0. The Morgan fingerprint density at radius 2 is 1.71 bits per heavy atom. The van der Waals surface area contributed by atoms with E-state index in [0.29, 0.717) is 13.1 Å². The van der Waals surface area contributed by atoms with Gasteiger partial charge in [0.25, 0.3) is 0 Å². The van der Waals surface area contributed by atoms with Crippen molar-refractivity contribution in [1.82, 2.24) is 15.5 Å². The number of carbonyl (C=O) groups is 1. The van der Waals surface area contributed by atoms with E-state index >= 15 is 0 Å². The number of guanidine groups is 1. The van der Waals surface area contributed by atoms with Gasteiger partial charge in [-0.15, -0.1) is 24.0 Å². The molecule has 0 aromatic heterocycles. The lowest BCUT2D eigenvalue weighted by Gasteiger charge is -2.25. The summed E-state index contributed by atoms with van der Waals surface area (Å²) in [6, 6.07) is 0. The number of halogens is 1. The van der Waals surface area contributed by atoms with Crippen LogP contribution in [0.5, 0.6) is 0 Å². The summed E-state index contributed by atoms with van der Waals surface area (Å²) in [6.07, 6.45) is 2.30. The molecule has 0 aromatic carbocycles. The molecular weight excluding hydrogens is 379 g/mol. The molecule has 0 atom stereocenters. The second-order valence-electron chi connectivity index (χ2n) is 5.69. The second kappa shape index (κ2) is 12.1. The maximum atomic E-state index is 12.0. The maximum Gasteiger partial charge on any atom is 0.227 e. The average Bonchev–Trinajstić information content (AvgIpc) is 2.41. The van der Waals surface area contributed by atoms with Gasteiger partial charge >= 0.3 is 0 Å². The second-order valence-corrected chi connectivity index (χ2v) is 5.69. The van der Waals surface area contributed by atoms with E-state index in [1.807, 2.05) is 27.8 Å². The van der Waals surface area contributed by atoms with E-state index in [2.05, 4.69) is 34.4 Å². The van der Waals surface area contributed by atoms with Crippen molar-refractivity contribution in [3.05, 3.63) is 0 Å². The highest BCUT2D eigenvalue weighted by molar-refractivity contribution is 14.0. The Balaban J connectivity index is 0. The lowest BCUT2D eigenvalue weighted by Crippen LogP contribution is -2.42. The first kappa shape index (κ1) is 22.7. The molecule has 21 heavy (non-hydrogen) atoms. The van der Waals surface area contributed by atoms with Crippen molar-refractivity contribution in [2.75, 3.05) is 33.2 Å². The first-order chi connectivity index (χ1) is 9.38. The molecule has 0 aliphatic heterocycles. The van der Waals surface area contributed by atoms with Gasteiger partial charge in [-0.2, -0.15) is 0 Å². The van der Waals surface area contributed by atoms with E-state index < -0.39 is 5.41 Å². The van der Waals surface area contributed by atoms with Crippen LogP contribution in [0.2, 0.25) is 0 Å². The highest BCUT2D eigenvalue weighted by Crippen LogP contribution is 2.15. The minimum absolute atomic E-state index is 0. The Labute approximate surface area is 147 Å². The molecule has 126 valence electrons. The number of hydrogen-bond acceptors (Lipinski definition) is 2. The van der Waals surface area contributed by atoms with Gasteiger partial charge < -0.3 is 15.5 Å². The van der Waals surface area contributed by atoms with Crippen LogP contribution in [0.3, 0.4) is 0 Å². The first-order valence-corrected chi connectivity index (χ1v) is 7.66. The molecule has 0 saturated heterocycles. The highest BCUT2D eigenvalue weighted by Gasteiger charge is 2.27. The van der Waals surface area contributed by atoms with Gasteiger partial charge in [-0.05, 0) is 34.1 Å². The Morgan fingerprint density at radius 3 is 2.19 bits per heavy atom. The molecule has 0 saturated carbocycles. The number of aliphatic imine (C=N–C) groups is 1. The third kappa shape index (κ3) is 9.16. The largest absolute Gasteiger partial charge is 0.357 e. The highest BCUT2D eigenvalue weighted by atomic mass is 127. The molecular formula is C15H33IN4O. The summed E-state index contributed by atoms with van der Waals surface area (Å²) < 4.78 is 0. The van der Waals surface area contributed by atoms with Gasteiger partial charge in [0.05, 0.1) is 12.0 Å². The van der Waals surface area contributed by atoms with Crippen LogP contribution in [0.1, 0.15) is 47.5 Å². The van der Waals surface area contributed by atoms with Crippen LogP contribution in [-0.2, 0) is 4.79 Å². The quantitative estimate of drug-likeness (QED) is 0.366.